The van der Waals surface area contributed by atoms with E-state index in [1.165, 1.54) is 25.7 Å². The van der Waals surface area contributed by atoms with Crippen molar-refractivity contribution in [2.24, 2.45) is 11.8 Å². The second kappa shape index (κ2) is 6.87. The number of fused-ring (bicyclic) bond motifs is 2. The summed E-state index contributed by atoms with van der Waals surface area (Å²) in [5.74, 6) is 1.35. The third-order valence-electron chi connectivity index (χ3n) is 5.05. The van der Waals surface area contributed by atoms with Gasteiger partial charge in [-0.2, -0.15) is 0 Å². The van der Waals surface area contributed by atoms with Gasteiger partial charge in [0, 0.05) is 11.7 Å². The standard InChI is InChI=1S/C18H24N2O2S/c1-3-22-17(21)14-6-4-11(2)15(10-14)19-18(23)20-16-9-12-5-7-13(16)8-12/h4,6,10,12-13,16H,3,5,7-9H2,1-2H3,(H2,19,20,23)/t12-,13-,16-/m1/s1. The van der Waals surface area contributed by atoms with Crippen molar-refractivity contribution in [1.29, 1.82) is 0 Å². The summed E-state index contributed by atoms with van der Waals surface area (Å²) in [7, 11) is 0. The van der Waals surface area contributed by atoms with Gasteiger partial charge in [0.05, 0.1) is 12.2 Å². The number of carbonyl (C=O) groups excluding carboxylic acids is 1. The van der Waals surface area contributed by atoms with Crippen molar-refractivity contribution in [2.45, 2.75) is 45.6 Å². The molecule has 2 bridgehead atoms. The van der Waals surface area contributed by atoms with Crippen LogP contribution in [0.5, 0.6) is 0 Å². The Kier molecular flexibility index (Phi) is 4.85. The minimum atomic E-state index is -0.303. The van der Waals surface area contributed by atoms with Crippen LogP contribution in [0.3, 0.4) is 0 Å². The summed E-state index contributed by atoms with van der Waals surface area (Å²) in [5.41, 5.74) is 2.45. The first kappa shape index (κ1) is 16.2. The molecule has 0 aliphatic heterocycles. The van der Waals surface area contributed by atoms with Gasteiger partial charge in [-0.05, 0) is 74.9 Å². The predicted molar refractivity (Wildman–Crippen MR) is 95.7 cm³/mol. The Bertz CT molecular complexity index is 617. The van der Waals surface area contributed by atoms with E-state index < -0.39 is 0 Å². The van der Waals surface area contributed by atoms with E-state index in [9.17, 15) is 4.79 Å². The number of anilines is 1. The molecule has 5 heteroatoms. The quantitative estimate of drug-likeness (QED) is 0.651. The third kappa shape index (κ3) is 3.66. The van der Waals surface area contributed by atoms with Crippen LogP contribution < -0.4 is 10.6 Å². The van der Waals surface area contributed by atoms with Gasteiger partial charge in [-0.25, -0.2) is 4.79 Å². The first-order chi connectivity index (χ1) is 11.1. The van der Waals surface area contributed by atoms with Gasteiger partial charge >= 0.3 is 5.97 Å². The number of rotatable bonds is 4. The van der Waals surface area contributed by atoms with Crippen molar-refractivity contribution >= 4 is 29.0 Å². The van der Waals surface area contributed by atoms with Crippen LogP contribution in [0.1, 0.15) is 48.5 Å². The van der Waals surface area contributed by atoms with Gasteiger partial charge in [-0.3, -0.25) is 0 Å². The molecule has 2 aliphatic rings. The van der Waals surface area contributed by atoms with Crippen LogP contribution in [0.15, 0.2) is 18.2 Å². The molecule has 2 aliphatic carbocycles. The number of esters is 1. The van der Waals surface area contributed by atoms with Crippen LogP contribution in [-0.2, 0) is 4.74 Å². The summed E-state index contributed by atoms with van der Waals surface area (Å²) < 4.78 is 5.05. The lowest BCUT2D eigenvalue weighted by Gasteiger charge is -2.25. The predicted octanol–water partition coefficient (Wildman–Crippen LogP) is 3.65. The minimum Gasteiger partial charge on any atom is -0.462 e. The Labute approximate surface area is 143 Å². The molecule has 2 saturated carbocycles. The van der Waals surface area contributed by atoms with Gasteiger partial charge in [-0.15, -0.1) is 0 Å². The second-order valence-electron chi connectivity index (χ2n) is 6.63. The van der Waals surface area contributed by atoms with Crippen LogP contribution in [0, 0.1) is 18.8 Å². The van der Waals surface area contributed by atoms with E-state index in [4.69, 9.17) is 17.0 Å². The maximum absolute atomic E-state index is 11.9. The summed E-state index contributed by atoms with van der Waals surface area (Å²) >= 11 is 5.47. The smallest absolute Gasteiger partial charge is 0.338 e. The minimum absolute atomic E-state index is 0.303. The number of nitrogens with one attached hydrogen (secondary N) is 2. The van der Waals surface area contributed by atoms with Crippen LogP contribution in [0.2, 0.25) is 0 Å². The Morgan fingerprint density at radius 3 is 2.83 bits per heavy atom. The summed E-state index contributed by atoms with van der Waals surface area (Å²) in [6.45, 7) is 4.18. The molecule has 0 aromatic heterocycles. The summed E-state index contributed by atoms with van der Waals surface area (Å²) in [4.78, 5) is 11.9. The van der Waals surface area contributed by atoms with E-state index in [1.807, 2.05) is 19.1 Å². The average molecular weight is 332 g/mol. The van der Waals surface area contributed by atoms with E-state index in [0.29, 0.717) is 23.3 Å². The van der Waals surface area contributed by atoms with Gasteiger partial charge < -0.3 is 15.4 Å². The first-order valence-electron chi connectivity index (χ1n) is 8.42. The highest BCUT2D eigenvalue weighted by atomic mass is 32.1. The lowest BCUT2D eigenvalue weighted by atomic mass is 9.95. The fraction of sp³-hybridized carbons (Fsp3) is 0.556. The molecule has 0 saturated heterocycles. The number of hydrogen-bond acceptors (Lipinski definition) is 3. The Morgan fingerprint density at radius 1 is 1.35 bits per heavy atom. The highest BCUT2D eigenvalue weighted by Crippen LogP contribution is 2.44. The number of carbonyl (C=O) groups is 1. The fourth-order valence-electron chi connectivity index (χ4n) is 3.85. The summed E-state index contributed by atoms with van der Waals surface area (Å²) in [6.07, 6.45) is 5.28. The largest absolute Gasteiger partial charge is 0.462 e. The molecule has 0 heterocycles. The van der Waals surface area contributed by atoms with E-state index in [-0.39, 0.29) is 5.97 Å². The molecular formula is C18H24N2O2S. The van der Waals surface area contributed by atoms with E-state index >= 15 is 0 Å². The van der Waals surface area contributed by atoms with Crippen LogP contribution >= 0.6 is 12.2 Å². The molecule has 0 amide bonds. The molecule has 23 heavy (non-hydrogen) atoms. The zero-order valence-electron chi connectivity index (χ0n) is 13.7. The Morgan fingerprint density at radius 2 is 2.17 bits per heavy atom. The molecule has 0 unspecified atom stereocenters. The highest BCUT2D eigenvalue weighted by molar-refractivity contribution is 7.80. The van der Waals surface area contributed by atoms with Crippen molar-refractivity contribution in [2.75, 3.05) is 11.9 Å². The molecule has 0 spiro atoms. The monoisotopic (exact) mass is 332 g/mol. The van der Waals surface area contributed by atoms with E-state index in [1.54, 1.807) is 13.0 Å². The van der Waals surface area contributed by atoms with Gasteiger partial charge in [0.25, 0.3) is 0 Å². The van der Waals surface area contributed by atoms with Gasteiger partial charge in [0.15, 0.2) is 5.11 Å². The highest BCUT2D eigenvalue weighted by Gasteiger charge is 2.39. The number of aryl methyl sites for hydroxylation is 1. The third-order valence-corrected chi connectivity index (χ3v) is 5.27. The molecule has 0 radical (unpaired) electrons. The van der Waals surface area contributed by atoms with Crippen molar-refractivity contribution in [1.82, 2.24) is 5.32 Å². The first-order valence-corrected chi connectivity index (χ1v) is 8.83. The van der Waals surface area contributed by atoms with Crippen molar-refractivity contribution in [3.63, 3.8) is 0 Å². The molecule has 4 nitrogen and oxygen atoms in total. The van der Waals surface area contributed by atoms with Gasteiger partial charge in [0.1, 0.15) is 0 Å². The topological polar surface area (TPSA) is 50.4 Å². The summed E-state index contributed by atoms with van der Waals surface area (Å²) in [5, 5.41) is 7.36. The molecule has 124 valence electrons. The zero-order valence-corrected chi connectivity index (χ0v) is 14.5. The summed E-state index contributed by atoms with van der Waals surface area (Å²) in [6, 6.07) is 6.00. The molecule has 1 aromatic carbocycles. The van der Waals surface area contributed by atoms with Crippen LogP contribution in [0.25, 0.3) is 0 Å². The second-order valence-corrected chi connectivity index (χ2v) is 7.04. The van der Waals surface area contributed by atoms with Gasteiger partial charge in [0.2, 0.25) is 0 Å². The number of benzene rings is 1. The van der Waals surface area contributed by atoms with E-state index in [0.717, 1.165) is 23.1 Å². The lowest BCUT2D eigenvalue weighted by molar-refractivity contribution is 0.0526. The molecular weight excluding hydrogens is 308 g/mol. The van der Waals surface area contributed by atoms with Crippen LogP contribution in [0.4, 0.5) is 5.69 Å². The molecule has 3 rings (SSSR count). The maximum atomic E-state index is 11.9. The van der Waals surface area contributed by atoms with Crippen LogP contribution in [-0.4, -0.2) is 23.7 Å². The molecule has 2 fully saturated rings. The fourth-order valence-corrected chi connectivity index (χ4v) is 4.11. The lowest BCUT2D eigenvalue weighted by Crippen LogP contribution is -2.40. The van der Waals surface area contributed by atoms with Crippen molar-refractivity contribution < 1.29 is 9.53 Å². The SMILES string of the molecule is CCOC(=O)c1ccc(C)c(NC(=S)N[C@@H]2C[C@@H]3CC[C@@H]2C3)c1. The number of thiocarbonyl (C=S) groups is 1. The van der Waals surface area contributed by atoms with Crippen molar-refractivity contribution in [3.05, 3.63) is 29.3 Å². The Hall–Kier alpha value is -1.62. The maximum Gasteiger partial charge on any atom is 0.338 e. The average Bonchev–Trinajstić information content (AvgIpc) is 3.12. The van der Waals surface area contributed by atoms with E-state index in [2.05, 4.69) is 10.6 Å². The zero-order chi connectivity index (χ0) is 16.4. The number of hydrogen-bond donors (Lipinski definition) is 2. The molecule has 2 N–H and O–H groups in total. The number of ether oxygens (including phenoxy) is 1. The normalized spacial score (nSPS) is 25.2. The van der Waals surface area contributed by atoms with Crippen molar-refractivity contribution in [3.8, 4) is 0 Å². The molecule has 1 aromatic rings. The van der Waals surface area contributed by atoms with Gasteiger partial charge in [-0.1, -0.05) is 12.5 Å². The Balaban J connectivity index is 1.63. The molecule has 3 atom stereocenters.